The second-order valence-electron chi connectivity index (χ2n) is 17.1. The first-order valence-corrected chi connectivity index (χ1v) is 30.9. The molecule has 0 N–H and O–H groups in total. The number of fused-ring (bicyclic) bond motifs is 6. The fraction of sp³-hybridized carbons (Fsp3) is 0.364. The maximum atomic E-state index is 2.78. The molecule has 1 fully saturated rings. The van der Waals surface area contributed by atoms with Crippen molar-refractivity contribution in [3.63, 3.8) is 0 Å². The summed E-state index contributed by atoms with van der Waals surface area (Å²) in [4.78, 5) is 0. The fourth-order valence-corrected chi connectivity index (χ4v) is 29.6. The van der Waals surface area contributed by atoms with Gasteiger partial charge in [-0.05, 0) is 0 Å². The second-order valence-corrected chi connectivity index (χ2v) is 37.3. The summed E-state index contributed by atoms with van der Waals surface area (Å²) >= 11 is -2.62. The Morgan fingerprint density at radius 3 is 1.72 bits per heavy atom. The zero-order valence-corrected chi connectivity index (χ0v) is 34.4. The third-order valence-corrected chi connectivity index (χ3v) is 28.8. The normalized spacial score (nSPS) is 21.1. The Morgan fingerprint density at radius 2 is 1.13 bits per heavy atom. The molecule has 0 amide bonds. The van der Waals surface area contributed by atoms with Gasteiger partial charge in [0.15, 0.2) is 0 Å². The van der Waals surface area contributed by atoms with Crippen LogP contribution >= 0.6 is 0 Å². The molecule has 0 aromatic heterocycles. The van der Waals surface area contributed by atoms with Gasteiger partial charge in [0.2, 0.25) is 0 Å². The number of hydrogen-bond acceptors (Lipinski definition) is 0. The first-order valence-electron chi connectivity index (χ1n) is 17.7. The van der Waals surface area contributed by atoms with Crippen LogP contribution < -0.4 is 0 Å². The van der Waals surface area contributed by atoms with Gasteiger partial charge >= 0.3 is 287 Å². The van der Waals surface area contributed by atoms with Crippen molar-refractivity contribution < 1.29 is 20.0 Å². The van der Waals surface area contributed by atoms with Crippen LogP contribution in [-0.2, 0) is 30.8 Å². The van der Waals surface area contributed by atoms with Crippen molar-refractivity contribution in [3.05, 3.63) is 129 Å². The molecule has 2 heteroatoms. The maximum absolute atomic E-state index is 2.78. The Morgan fingerprint density at radius 1 is 0.609 bits per heavy atom. The molecular formula is C44H52HfSi. The molecule has 2 aliphatic carbocycles. The van der Waals surface area contributed by atoms with Crippen LogP contribution in [0.1, 0.15) is 104 Å². The van der Waals surface area contributed by atoms with Crippen molar-refractivity contribution in [2.75, 3.05) is 0 Å². The molecule has 0 radical (unpaired) electrons. The van der Waals surface area contributed by atoms with E-state index in [-0.39, 0.29) is 10.8 Å². The number of allylic oxidation sites excluding steroid dienone is 2. The van der Waals surface area contributed by atoms with Crippen LogP contribution in [0.25, 0.3) is 34.4 Å². The van der Waals surface area contributed by atoms with Crippen LogP contribution in [0.3, 0.4) is 0 Å². The Bertz CT molecular complexity index is 1870. The molecule has 3 aliphatic rings. The van der Waals surface area contributed by atoms with E-state index in [0.29, 0.717) is 5.92 Å². The molecule has 236 valence electrons. The van der Waals surface area contributed by atoms with Gasteiger partial charge in [0.25, 0.3) is 0 Å². The molecule has 46 heavy (non-hydrogen) atoms. The van der Waals surface area contributed by atoms with E-state index in [1.807, 2.05) is 5.20 Å². The van der Waals surface area contributed by atoms with E-state index in [4.69, 9.17) is 0 Å². The zero-order chi connectivity index (χ0) is 32.4. The van der Waals surface area contributed by atoms with Gasteiger partial charge in [-0.15, -0.1) is 0 Å². The standard InChI is InChI=1S/C42H46Si.2CH3.Hf/c1-8-9-19-37-36-22-13-21-35(29-15-11-18-32(24-29)42(5,6)7)39(36)27-40(37)43-33-25-30-16-12-20-34(38(30)26-33)28-14-10-17-31(23-28)41(2,3)4;;;/h10-18,20-27,37H,1,8-9,19,43H2,2-7H3;2*1H3;. The molecule has 1 heterocycles. The van der Waals surface area contributed by atoms with Gasteiger partial charge in [-0.2, -0.15) is 0 Å². The van der Waals surface area contributed by atoms with Gasteiger partial charge in [-0.1, -0.05) is 0 Å². The summed E-state index contributed by atoms with van der Waals surface area (Å²) in [5.41, 5.74) is 15.1. The quantitative estimate of drug-likeness (QED) is 0.178. The van der Waals surface area contributed by atoms with Crippen LogP contribution in [0, 0.1) is 0 Å². The number of hydrogen-bond donors (Lipinski definition) is 0. The molecule has 2 atom stereocenters. The predicted octanol–water partition coefficient (Wildman–Crippen LogP) is 12.2. The van der Waals surface area contributed by atoms with Gasteiger partial charge < -0.3 is 0 Å². The second kappa shape index (κ2) is 11.8. The van der Waals surface area contributed by atoms with E-state index in [1.54, 1.807) is 21.9 Å². The van der Waals surface area contributed by atoms with Crippen LogP contribution in [-0.4, -0.2) is 9.52 Å². The van der Waals surface area contributed by atoms with Crippen molar-refractivity contribution in [1.29, 1.82) is 0 Å². The molecule has 0 saturated carbocycles. The van der Waals surface area contributed by atoms with Crippen molar-refractivity contribution >= 4 is 21.7 Å². The monoisotopic (exact) mass is 788 g/mol. The zero-order valence-electron chi connectivity index (χ0n) is 29.4. The predicted molar refractivity (Wildman–Crippen MR) is 202 cm³/mol. The first kappa shape index (κ1) is 32.0. The van der Waals surface area contributed by atoms with Gasteiger partial charge in [0, 0.05) is 0 Å². The molecule has 0 spiro atoms. The van der Waals surface area contributed by atoms with Crippen LogP contribution in [0.4, 0.5) is 0 Å². The summed E-state index contributed by atoms with van der Waals surface area (Å²) in [5.74, 6) is 0.596. The van der Waals surface area contributed by atoms with Crippen molar-refractivity contribution in [2.45, 2.75) is 94.8 Å². The van der Waals surface area contributed by atoms with Crippen LogP contribution in [0.15, 0.2) is 95.3 Å². The Balaban J connectivity index is 1.33. The summed E-state index contributed by atoms with van der Waals surface area (Å²) in [6.45, 7) is 14.0. The minimum atomic E-state index is -2.62. The molecule has 4 aromatic carbocycles. The summed E-state index contributed by atoms with van der Waals surface area (Å²) in [7, 11) is -0.599. The minimum absolute atomic E-state index is 0.143. The Hall–Kier alpha value is -2.55. The van der Waals surface area contributed by atoms with Gasteiger partial charge in [0.05, 0.1) is 0 Å². The molecule has 7 rings (SSSR count). The average molecular weight is 787 g/mol. The van der Waals surface area contributed by atoms with E-state index in [2.05, 4.69) is 148 Å². The Kier molecular flexibility index (Phi) is 8.25. The van der Waals surface area contributed by atoms with Gasteiger partial charge in [-0.25, -0.2) is 0 Å². The van der Waals surface area contributed by atoms with Crippen molar-refractivity contribution in [2.24, 2.45) is 0 Å². The van der Waals surface area contributed by atoms with Crippen molar-refractivity contribution in [1.82, 2.24) is 0 Å². The topological polar surface area (TPSA) is 0 Å². The first-order chi connectivity index (χ1) is 21.8. The fourth-order valence-electron chi connectivity index (χ4n) is 8.71. The van der Waals surface area contributed by atoms with E-state index in [0.717, 1.165) is 3.67 Å². The van der Waals surface area contributed by atoms with E-state index in [1.165, 1.54) is 62.4 Å². The van der Waals surface area contributed by atoms with Crippen molar-refractivity contribution in [3.8, 4) is 22.3 Å². The van der Waals surface area contributed by atoms with E-state index >= 15 is 0 Å². The SMILES string of the molecule is CC(C)(C)c1cccc(-c2cccc3c2C=C2[SiH2]C4=Cc5c(-c6cccc(C(C)(C)C)c6)cccc5[CH]4[Hf]([CH3])([CH3])[CH2]CCCC23)c1. The third-order valence-electron chi connectivity index (χ3n) is 11.3. The summed E-state index contributed by atoms with van der Waals surface area (Å²) in [5, 5.41) is 3.64. The molecule has 4 aromatic rings. The van der Waals surface area contributed by atoms with Crippen LogP contribution in [0.5, 0.6) is 0 Å². The number of rotatable bonds is 2. The van der Waals surface area contributed by atoms with E-state index < -0.39 is 29.5 Å². The van der Waals surface area contributed by atoms with Gasteiger partial charge in [-0.3, -0.25) is 0 Å². The molecule has 1 saturated heterocycles. The summed E-state index contributed by atoms with van der Waals surface area (Å²) in [6.07, 6.45) is 9.49. The summed E-state index contributed by atoms with van der Waals surface area (Å²) < 4.78 is 7.79. The molecule has 2 unspecified atom stereocenters. The Labute approximate surface area is 285 Å². The van der Waals surface area contributed by atoms with Gasteiger partial charge in [0.1, 0.15) is 0 Å². The summed E-state index contributed by atoms with van der Waals surface area (Å²) in [6, 6.07) is 33.2. The molecule has 1 aliphatic heterocycles. The molecular weight excluding hydrogens is 735 g/mol. The molecule has 0 nitrogen and oxygen atoms in total. The van der Waals surface area contributed by atoms with E-state index in [9.17, 15) is 0 Å². The molecule has 0 bridgehead atoms. The third kappa shape index (κ3) is 5.87. The van der Waals surface area contributed by atoms with Crippen LogP contribution in [0.2, 0.25) is 13.5 Å². The number of benzene rings is 4. The average Bonchev–Trinajstić information content (AvgIpc) is 3.56.